The Morgan fingerprint density at radius 1 is 1.25 bits per heavy atom. The summed E-state index contributed by atoms with van der Waals surface area (Å²) in [7, 11) is 0. The molecule has 0 spiro atoms. The number of rotatable bonds is 7. The summed E-state index contributed by atoms with van der Waals surface area (Å²) < 4.78 is 1.57. The number of nitrogens with zero attached hydrogens (tertiary/aromatic N) is 6. The summed E-state index contributed by atoms with van der Waals surface area (Å²) in [6, 6.07) is 1.81. The van der Waals surface area contributed by atoms with Crippen LogP contribution in [0.5, 0.6) is 0 Å². The molecule has 20 heavy (non-hydrogen) atoms. The van der Waals surface area contributed by atoms with E-state index in [1.54, 1.807) is 28.8 Å². The fourth-order valence-corrected chi connectivity index (χ4v) is 2.72. The van der Waals surface area contributed by atoms with E-state index in [0.717, 1.165) is 25.4 Å². The minimum absolute atomic E-state index is 0.191. The lowest BCUT2D eigenvalue weighted by molar-refractivity contribution is 0.324. The van der Waals surface area contributed by atoms with Gasteiger partial charge in [0.15, 0.2) is 5.16 Å². The summed E-state index contributed by atoms with van der Waals surface area (Å²) in [5.41, 5.74) is 0. The molecular formula is C12H17ClN6S. The molecule has 0 saturated heterocycles. The van der Waals surface area contributed by atoms with Crippen LogP contribution in [0.15, 0.2) is 23.6 Å². The van der Waals surface area contributed by atoms with Crippen molar-refractivity contribution in [3.63, 3.8) is 0 Å². The molecule has 0 aliphatic heterocycles. The number of aromatic nitrogens is 5. The van der Waals surface area contributed by atoms with Crippen molar-refractivity contribution in [3.05, 3.63) is 23.7 Å². The highest BCUT2D eigenvalue weighted by Gasteiger charge is 2.08. The molecule has 0 bridgehead atoms. The van der Waals surface area contributed by atoms with Gasteiger partial charge in [0.05, 0.1) is 0 Å². The molecule has 2 heterocycles. The summed E-state index contributed by atoms with van der Waals surface area (Å²) in [5.74, 6) is 1.36. The lowest BCUT2D eigenvalue weighted by Gasteiger charge is -2.16. The van der Waals surface area contributed by atoms with Gasteiger partial charge in [-0.05, 0) is 30.8 Å². The summed E-state index contributed by atoms with van der Waals surface area (Å²) in [4.78, 5) is 14.9. The second kappa shape index (κ2) is 7.56. The van der Waals surface area contributed by atoms with Gasteiger partial charge in [-0.1, -0.05) is 25.6 Å². The summed E-state index contributed by atoms with van der Waals surface area (Å²) >= 11 is 7.51. The van der Waals surface area contributed by atoms with E-state index >= 15 is 0 Å². The topological polar surface area (TPSA) is 59.7 Å². The summed E-state index contributed by atoms with van der Waals surface area (Å²) in [6.07, 6.45) is 3.45. The lowest BCUT2D eigenvalue weighted by atomic mass is 10.5. The Morgan fingerprint density at radius 2 is 2.05 bits per heavy atom. The predicted octanol–water partition coefficient (Wildman–Crippen LogP) is 2.14. The van der Waals surface area contributed by atoms with Gasteiger partial charge in [0, 0.05) is 24.7 Å². The van der Waals surface area contributed by atoms with Gasteiger partial charge in [-0.15, -0.1) is 0 Å². The van der Waals surface area contributed by atoms with Gasteiger partial charge < -0.3 is 4.90 Å². The molecule has 0 atom stereocenters. The van der Waals surface area contributed by atoms with Crippen molar-refractivity contribution >= 4 is 23.4 Å². The van der Waals surface area contributed by atoms with Crippen LogP contribution in [0.3, 0.4) is 0 Å². The second-order valence-electron chi connectivity index (χ2n) is 4.01. The van der Waals surface area contributed by atoms with E-state index in [1.165, 1.54) is 0 Å². The molecular weight excluding hydrogens is 296 g/mol. The van der Waals surface area contributed by atoms with Crippen molar-refractivity contribution < 1.29 is 0 Å². The fraction of sp³-hybridized carbons (Fsp3) is 0.500. The standard InChI is InChI=1S/C12H17ClN6S/c1-3-18(4-2)8-9-20-12-16-10(13)15-11(17-12)19-7-5-6-14-19/h5-7H,3-4,8-9H2,1-2H3. The molecule has 0 radical (unpaired) electrons. The largest absolute Gasteiger partial charge is 0.303 e. The number of halogens is 1. The first-order chi connectivity index (χ1) is 9.72. The highest BCUT2D eigenvalue weighted by Crippen LogP contribution is 2.16. The summed E-state index contributed by atoms with van der Waals surface area (Å²) in [5, 5.41) is 4.91. The van der Waals surface area contributed by atoms with Gasteiger partial charge in [-0.2, -0.15) is 20.1 Å². The van der Waals surface area contributed by atoms with Crippen LogP contribution in [0.2, 0.25) is 5.28 Å². The molecule has 2 aromatic rings. The number of thioether (sulfide) groups is 1. The third-order valence-electron chi connectivity index (χ3n) is 2.82. The molecule has 8 heteroatoms. The highest BCUT2D eigenvalue weighted by atomic mass is 35.5. The molecule has 0 aliphatic carbocycles. The average molecular weight is 313 g/mol. The van der Waals surface area contributed by atoms with E-state index in [4.69, 9.17) is 11.6 Å². The van der Waals surface area contributed by atoms with Crippen molar-refractivity contribution in [2.24, 2.45) is 0 Å². The van der Waals surface area contributed by atoms with E-state index in [0.29, 0.717) is 11.1 Å². The SMILES string of the molecule is CCN(CC)CCSc1nc(Cl)nc(-n2cccn2)n1. The van der Waals surface area contributed by atoms with Crippen LogP contribution < -0.4 is 0 Å². The van der Waals surface area contributed by atoms with Crippen molar-refractivity contribution in [1.29, 1.82) is 0 Å². The molecule has 2 rings (SSSR count). The molecule has 108 valence electrons. The Kier molecular flexibility index (Phi) is 5.75. The number of hydrogen-bond acceptors (Lipinski definition) is 6. The van der Waals surface area contributed by atoms with Crippen LogP contribution in [-0.4, -0.2) is 55.0 Å². The second-order valence-corrected chi connectivity index (χ2v) is 5.41. The number of hydrogen-bond donors (Lipinski definition) is 0. The van der Waals surface area contributed by atoms with Gasteiger partial charge in [0.2, 0.25) is 5.28 Å². The van der Waals surface area contributed by atoms with Crippen molar-refractivity contribution in [2.45, 2.75) is 19.0 Å². The van der Waals surface area contributed by atoms with Gasteiger partial charge in [0.25, 0.3) is 5.95 Å². The van der Waals surface area contributed by atoms with Gasteiger partial charge in [-0.3, -0.25) is 0 Å². The van der Waals surface area contributed by atoms with Gasteiger partial charge in [-0.25, -0.2) is 4.68 Å². The van der Waals surface area contributed by atoms with Crippen LogP contribution in [0.1, 0.15) is 13.8 Å². The van der Waals surface area contributed by atoms with Crippen LogP contribution in [0.4, 0.5) is 0 Å². The summed E-state index contributed by atoms with van der Waals surface area (Å²) in [6.45, 7) is 7.41. The van der Waals surface area contributed by atoms with Gasteiger partial charge in [0.1, 0.15) is 0 Å². The Hall–Kier alpha value is -1.18. The van der Waals surface area contributed by atoms with E-state index in [2.05, 4.69) is 38.8 Å². The maximum absolute atomic E-state index is 5.94. The van der Waals surface area contributed by atoms with Crippen LogP contribution in [-0.2, 0) is 0 Å². The quantitative estimate of drug-likeness (QED) is 0.730. The fourth-order valence-electron chi connectivity index (χ4n) is 1.68. The monoisotopic (exact) mass is 312 g/mol. The zero-order valence-electron chi connectivity index (χ0n) is 11.5. The van der Waals surface area contributed by atoms with Crippen LogP contribution >= 0.6 is 23.4 Å². The average Bonchev–Trinajstić information content (AvgIpc) is 2.97. The first-order valence-electron chi connectivity index (χ1n) is 6.49. The van der Waals surface area contributed by atoms with Crippen LogP contribution in [0, 0.1) is 0 Å². The molecule has 0 saturated carbocycles. The first-order valence-corrected chi connectivity index (χ1v) is 7.86. The molecule has 0 aliphatic rings. The van der Waals surface area contributed by atoms with Crippen molar-refractivity contribution in [3.8, 4) is 5.95 Å². The van der Waals surface area contributed by atoms with Gasteiger partial charge >= 0.3 is 0 Å². The highest BCUT2D eigenvalue weighted by molar-refractivity contribution is 7.99. The molecule has 0 fully saturated rings. The molecule has 0 unspecified atom stereocenters. The maximum atomic E-state index is 5.94. The minimum Gasteiger partial charge on any atom is -0.303 e. The Morgan fingerprint density at radius 3 is 2.70 bits per heavy atom. The zero-order valence-corrected chi connectivity index (χ0v) is 13.1. The predicted molar refractivity (Wildman–Crippen MR) is 80.5 cm³/mol. The molecule has 2 aromatic heterocycles. The Labute approximate surface area is 127 Å². The minimum atomic E-state index is 0.191. The van der Waals surface area contributed by atoms with E-state index in [9.17, 15) is 0 Å². The lowest BCUT2D eigenvalue weighted by Crippen LogP contribution is -2.25. The molecule has 0 amide bonds. The van der Waals surface area contributed by atoms with E-state index in [-0.39, 0.29) is 5.28 Å². The third kappa shape index (κ3) is 4.16. The van der Waals surface area contributed by atoms with E-state index in [1.807, 2.05) is 6.07 Å². The normalized spacial score (nSPS) is 11.2. The van der Waals surface area contributed by atoms with Crippen molar-refractivity contribution in [2.75, 3.05) is 25.4 Å². The maximum Gasteiger partial charge on any atom is 0.255 e. The first kappa shape index (κ1) is 15.2. The Bertz CT molecular complexity index is 529. The van der Waals surface area contributed by atoms with Crippen LogP contribution in [0.25, 0.3) is 5.95 Å². The molecule has 6 nitrogen and oxygen atoms in total. The molecule has 0 aromatic carbocycles. The van der Waals surface area contributed by atoms with Crippen molar-refractivity contribution in [1.82, 2.24) is 29.6 Å². The third-order valence-corrected chi connectivity index (χ3v) is 3.81. The zero-order chi connectivity index (χ0) is 14.4. The smallest absolute Gasteiger partial charge is 0.255 e. The molecule has 0 N–H and O–H groups in total. The van der Waals surface area contributed by atoms with E-state index < -0.39 is 0 Å². The Balaban J connectivity index is 2.02.